The van der Waals surface area contributed by atoms with Gasteiger partial charge in [0.15, 0.2) is 0 Å². The summed E-state index contributed by atoms with van der Waals surface area (Å²) >= 11 is 6.51. The molecule has 4 aromatic rings. The SMILES string of the molecule is CC1=CN(c2cc(-c3cc(F)cc(-c4ccc(-n5ccn(C)c5=O)c(Cl)c4)c3O)ccn2)C[C@H](C)N1. The monoisotopic (exact) mass is 505 g/mol. The van der Waals surface area contributed by atoms with Crippen LogP contribution in [0.15, 0.2) is 77.7 Å². The summed E-state index contributed by atoms with van der Waals surface area (Å²) in [5.41, 5.74) is 3.08. The van der Waals surface area contributed by atoms with Crippen LogP contribution in [0.1, 0.15) is 13.8 Å². The molecule has 0 fully saturated rings. The molecule has 0 unspecified atom stereocenters. The third-order valence-corrected chi connectivity index (χ3v) is 6.49. The van der Waals surface area contributed by atoms with Crippen LogP contribution < -0.4 is 15.9 Å². The van der Waals surface area contributed by atoms with E-state index in [1.165, 1.54) is 21.3 Å². The number of pyridine rings is 1. The van der Waals surface area contributed by atoms with E-state index >= 15 is 0 Å². The molecule has 1 aliphatic heterocycles. The van der Waals surface area contributed by atoms with Gasteiger partial charge in [0, 0.05) is 61.2 Å². The minimum Gasteiger partial charge on any atom is -0.507 e. The molecule has 2 aromatic heterocycles. The molecule has 1 atom stereocenters. The van der Waals surface area contributed by atoms with Crippen LogP contribution in [0.25, 0.3) is 27.9 Å². The largest absolute Gasteiger partial charge is 0.507 e. The van der Waals surface area contributed by atoms with Gasteiger partial charge in [0.05, 0.1) is 10.7 Å². The van der Waals surface area contributed by atoms with Gasteiger partial charge in [-0.15, -0.1) is 0 Å². The first-order valence-electron chi connectivity index (χ1n) is 11.5. The lowest BCUT2D eigenvalue weighted by Gasteiger charge is -2.30. The van der Waals surface area contributed by atoms with E-state index in [0.717, 1.165) is 12.2 Å². The second-order valence-electron chi connectivity index (χ2n) is 8.99. The van der Waals surface area contributed by atoms with Crippen molar-refractivity contribution in [2.75, 3.05) is 11.4 Å². The Labute approximate surface area is 212 Å². The van der Waals surface area contributed by atoms with Crippen molar-refractivity contribution in [1.82, 2.24) is 19.4 Å². The second kappa shape index (κ2) is 9.20. The van der Waals surface area contributed by atoms with Crippen molar-refractivity contribution >= 4 is 17.4 Å². The number of aromatic hydroxyl groups is 1. The number of halogens is 2. The van der Waals surface area contributed by atoms with Gasteiger partial charge in [-0.1, -0.05) is 17.7 Å². The minimum atomic E-state index is -0.498. The van der Waals surface area contributed by atoms with Crippen molar-refractivity contribution < 1.29 is 9.50 Å². The zero-order valence-corrected chi connectivity index (χ0v) is 20.8. The summed E-state index contributed by atoms with van der Waals surface area (Å²) in [6, 6.07) is 11.4. The number of phenolic OH excluding ortho intramolecular Hbond substituents is 1. The molecule has 0 aliphatic carbocycles. The first-order valence-corrected chi connectivity index (χ1v) is 11.8. The summed E-state index contributed by atoms with van der Waals surface area (Å²) in [6.07, 6.45) is 6.88. The van der Waals surface area contributed by atoms with E-state index in [9.17, 15) is 14.3 Å². The van der Waals surface area contributed by atoms with Gasteiger partial charge in [0.25, 0.3) is 0 Å². The summed E-state index contributed by atoms with van der Waals surface area (Å²) in [6.45, 7) is 4.80. The number of allylic oxidation sites excluding steroid dienone is 1. The Morgan fingerprint density at radius 1 is 1.11 bits per heavy atom. The normalized spacial score (nSPS) is 15.5. The number of benzene rings is 2. The number of imidazole rings is 1. The Bertz CT molecular complexity index is 1560. The highest BCUT2D eigenvalue weighted by Crippen LogP contribution is 2.41. The molecule has 0 saturated heterocycles. The first-order chi connectivity index (χ1) is 17.2. The summed E-state index contributed by atoms with van der Waals surface area (Å²) in [5, 5.41) is 14.9. The molecule has 9 heteroatoms. The van der Waals surface area contributed by atoms with Gasteiger partial charge in [0.1, 0.15) is 17.4 Å². The van der Waals surface area contributed by atoms with E-state index in [1.807, 2.05) is 24.1 Å². The maximum Gasteiger partial charge on any atom is 0.332 e. The number of nitrogens with zero attached hydrogens (tertiary/aromatic N) is 4. The van der Waals surface area contributed by atoms with Crippen molar-refractivity contribution in [2.45, 2.75) is 19.9 Å². The fraction of sp³-hybridized carbons (Fsp3) is 0.185. The number of phenols is 1. The summed E-state index contributed by atoms with van der Waals surface area (Å²) < 4.78 is 17.7. The maximum atomic E-state index is 14.8. The molecule has 2 aromatic carbocycles. The highest BCUT2D eigenvalue weighted by Gasteiger charge is 2.19. The van der Waals surface area contributed by atoms with E-state index in [-0.39, 0.29) is 17.5 Å². The topological polar surface area (TPSA) is 75.3 Å². The van der Waals surface area contributed by atoms with Crippen LogP contribution in [0.4, 0.5) is 10.2 Å². The third kappa shape index (κ3) is 4.35. The Kier molecular flexibility index (Phi) is 6.05. The zero-order chi connectivity index (χ0) is 25.6. The lowest BCUT2D eigenvalue weighted by molar-refractivity contribution is 0.477. The molecule has 36 heavy (non-hydrogen) atoms. The number of aromatic nitrogens is 3. The van der Waals surface area contributed by atoms with Crippen LogP contribution in [0, 0.1) is 5.82 Å². The van der Waals surface area contributed by atoms with Crippen molar-refractivity contribution in [2.24, 2.45) is 7.05 Å². The predicted molar refractivity (Wildman–Crippen MR) is 140 cm³/mol. The average Bonchev–Trinajstić information content (AvgIpc) is 3.17. The van der Waals surface area contributed by atoms with Gasteiger partial charge < -0.3 is 19.9 Å². The van der Waals surface area contributed by atoms with Crippen LogP contribution in [0.2, 0.25) is 5.02 Å². The molecule has 0 spiro atoms. The van der Waals surface area contributed by atoms with Gasteiger partial charge in [-0.05, 0) is 61.4 Å². The Morgan fingerprint density at radius 3 is 2.47 bits per heavy atom. The highest BCUT2D eigenvalue weighted by molar-refractivity contribution is 6.32. The minimum absolute atomic E-state index is 0.0744. The summed E-state index contributed by atoms with van der Waals surface area (Å²) in [7, 11) is 1.65. The van der Waals surface area contributed by atoms with Gasteiger partial charge in [-0.2, -0.15) is 0 Å². The Hall–Kier alpha value is -4.04. The molecule has 3 heterocycles. The lowest BCUT2D eigenvalue weighted by Crippen LogP contribution is -2.41. The van der Waals surface area contributed by atoms with Crippen LogP contribution >= 0.6 is 11.6 Å². The summed E-state index contributed by atoms with van der Waals surface area (Å²) in [5.74, 6) is 0.128. The van der Waals surface area contributed by atoms with Crippen molar-refractivity contribution in [3.8, 4) is 33.7 Å². The quantitative estimate of drug-likeness (QED) is 0.405. The maximum absolute atomic E-state index is 14.8. The van der Waals surface area contributed by atoms with Gasteiger partial charge in [0.2, 0.25) is 0 Å². The highest BCUT2D eigenvalue weighted by atomic mass is 35.5. The Morgan fingerprint density at radius 2 is 1.83 bits per heavy atom. The molecule has 0 bridgehead atoms. The smallest absolute Gasteiger partial charge is 0.332 e. The van der Waals surface area contributed by atoms with Gasteiger partial charge in [-0.3, -0.25) is 4.57 Å². The number of anilines is 1. The molecule has 0 radical (unpaired) electrons. The number of hydrogen-bond donors (Lipinski definition) is 2. The van der Waals surface area contributed by atoms with Crippen LogP contribution in [-0.4, -0.2) is 31.8 Å². The molecule has 5 rings (SSSR count). The van der Waals surface area contributed by atoms with Gasteiger partial charge in [-0.25, -0.2) is 14.2 Å². The number of nitrogens with one attached hydrogen (secondary N) is 1. The van der Waals surface area contributed by atoms with E-state index in [0.29, 0.717) is 38.8 Å². The molecular formula is C27H25ClFN5O2. The second-order valence-corrected chi connectivity index (χ2v) is 9.40. The predicted octanol–water partition coefficient (Wildman–Crippen LogP) is 5.06. The van der Waals surface area contributed by atoms with E-state index in [4.69, 9.17) is 11.6 Å². The number of rotatable bonds is 4. The van der Waals surface area contributed by atoms with Crippen LogP contribution in [0.5, 0.6) is 5.75 Å². The van der Waals surface area contributed by atoms with Crippen molar-refractivity contribution in [3.05, 3.63) is 94.3 Å². The van der Waals surface area contributed by atoms with Crippen molar-refractivity contribution in [3.63, 3.8) is 0 Å². The van der Waals surface area contributed by atoms with Crippen LogP contribution in [-0.2, 0) is 7.05 Å². The standard InChI is InChI=1S/C27H25ClFN5O2/c1-16-14-33(15-17(2)31-16)25-11-19(6-7-30-25)22-13-20(29)12-21(26(22)35)18-4-5-24(23(28)10-18)34-9-8-32(3)27(34)36/h4-14,17,31,35H,15H2,1-3H3/t17-/m0/s1. The molecule has 7 nitrogen and oxygen atoms in total. The lowest BCUT2D eigenvalue weighted by atomic mass is 9.97. The van der Waals surface area contributed by atoms with E-state index in [2.05, 4.69) is 17.2 Å². The van der Waals surface area contributed by atoms with E-state index in [1.54, 1.807) is 49.9 Å². The molecular weight excluding hydrogens is 481 g/mol. The number of aryl methyl sites for hydroxylation is 1. The molecule has 184 valence electrons. The van der Waals surface area contributed by atoms with Crippen LogP contribution in [0.3, 0.4) is 0 Å². The fourth-order valence-corrected chi connectivity index (χ4v) is 4.78. The molecule has 0 saturated carbocycles. The average molecular weight is 506 g/mol. The van der Waals surface area contributed by atoms with Crippen molar-refractivity contribution in [1.29, 1.82) is 0 Å². The first kappa shape index (κ1) is 23.7. The molecule has 2 N–H and O–H groups in total. The van der Waals surface area contributed by atoms with Gasteiger partial charge >= 0.3 is 5.69 Å². The fourth-order valence-electron chi connectivity index (χ4n) is 4.51. The number of hydrogen-bond acceptors (Lipinski definition) is 5. The molecule has 1 aliphatic rings. The summed E-state index contributed by atoms with van der Waals surface area (Å²) in [4.78, 5) is 18.8. The Balaban J connectivity index is 1.55. The third-order valence-electron chi connectivity index (χ3n) is 6.18. The van der Waals surface area contributed by atoms with E-state index < -0.39 is 5.82 Å². The zero-order valence-electron chi connectivity index (χ0n) is 20.0. The molecule has 0 amide bonds.